The first-order valence-electron chi connectivity index (χ1n) is 10.4. The Balaban J connectivity index is 1.73. The third-order valence-corrected chi connectivity index (χ3v) is 5.80. The molecule has 0 unspecified atom stereocenters. The van der Waals surface area contributed by atoms with Gasteiger partial charge in [-0.15, -0.1) is 0 Å². The van der Waals surface area contributed by atoms with E-state index in [-0.39, 0.29) is 11.8 Å². The van der Waals surface area contributed by atoms with Gasteiger partial charge in [0.15, 0.2) is 0 Å². The minimum absolute atomic E-state index is 0.0330. The van der Waals surface area contributed by atoms with Gasteiger partial charge in [0.1, 0.15) is 5.75 Å². The lowest BCUT2D eigenvalue weighted by Gasteiger charge is -2.24. The van der Waals surface area contributed by atoms with Crippen molar-refractivity contribution < 1.29 is 9.53 Å². The van der Waals surface area contributed by atoms with Crippen LogP contribution >= 0.6 is 0 Å². The van der Waals surface area contributed by atoms with Crippen LogP contribution in [0.5, 0.6) is 5.75 Å². The molecule has 0 saturated heterocycles. The van der Waals surface area contributed by atoms with Crippen molar-refractivity contribution in [2.45, 2.75) is 32.1 Å². The highest BCUT2D eigenvalue weighted by Gasteiger charge is 2.24. The highest BCUT2D eigenvalue weighted by molar-refractivity contribution is 6.09. The van der Waals surface area contributed by atoms with E-state index in [1.54, 1.807) is 7.11 Å². The van der Waals surface area contributed by atoms with Crippen molar-refractivity contribution in [3.63, 3.8) is 0 Å². The molecule has 0 atom stereocenters. The van der Waals surface area contributed by atoms with Gasteiger partial charge in [0.2, 0.25) is 0 Å². The topological polar surface area (TPSA) is 38.3 Å². The molecule has 1 amide bonds. The van der Waals surface area contributed by atoms with Crippen molar-refractivity contribution in [3.05, 3.63) is 77.9 Å². The summed E-state index contributed by atoms with van der Waals surface area (Å²) in [5.41, 5.74) is 2.67. The summed E-state index contributed by atoms with van der Waals surface area (Å²) < 4.78 is 5.41. The number of amides is 1. The van der Waals surface area contributed by atoms with E-state index in [1.165, 1.54) is 30.0 Å². The van der Waals surface area contributed by atoms with Crippen molar-refractivity contribution in [2.75, 3.05) is 12.4 Å². The fourth-order valence-electron chi connectivity index (χ4n) is 4.27. The first-order chi connectivity index (χ1) is 14.3. The van der Waals surface area contributed by atoms with Crippen molar-refractivity contribution in [2.24, 2.45) is 5.92 Å². The fourth-order valence-corrected chi connectivity index (χ4v) is 4.27. The Kier molecular flexibility index (Phi) is 5.95. The SMILES string of the molecule is COc1ccccc1NC(=O)/C(=C\c1cccc2ccccc12)C1CCCCC1. The molecule has 1 N–H and O–H groups in total. The lowest BCUT2D eigenvalue weighted by Crippen LogP contribution is -2.22. The van der Waals surface area contributed by atoms with Crippen LogP contribution in [0.15, 0.2) is 72.3 Å². The van der Waals surface area contributed by atoms with E-state index in [9.17, 15) is 4.79 Å². The standard InChI is InChI=1S/C26H27NO2/c1-29-25-17-8-7-16-24(25)27-26(28)23(20-10-3-2-4-11-20)18-21-14-9-13-19-12-5-6-15-22(19)21/h5-9,12-18,20H,2-4,10-11H2,1H3,(H,27,28)/b23-18-. The van der Waals surface area contributed by atoms with Crippen LogP contribution in [0.4, 0.5) is 5.69 Å². The number of para-hydroxylation sites is 2. The quantitative estimate of drug-likeness (QED) is 0.513. The van der Waals surface area contributed by atoms with Gasteiger partial charge in [0.05, 0.1) is 12.8 Å². The predicted octanol–water partition coefficient (Wildman–Crippen LogP) is 6.45. The Morgan fingerprint density at radius 1 is 0.931 bits per heavy atom. The number of anilines is 1. The van der Waals surface area contributed by atoms with Crippen LogP contribution < -0.4 is 10.1 Å². The molecule has 0 radical (unpaired) electrons. The molecule has 3 heteroatoms. The molecule has 148 valence electrons. The zero-order chi connectivity index (χ0) is 20.1. The number of hydrogen-bond donors (Lipinski definition) is 1. The van der Waals surface area contributed by atoms with Gasteiger partial charge in [0.25, 0.3) is 5.91 Å². The maximum Gasteiger partial charge on any atom is 0.251 e. The molecule has 0 aromatic heterocycles. The molecule has 1 aliphatic carbocycles. The second-order valence-electron chi connectivity index (χ2n) is 7.66. The third kappa shape index (κ3) is 4.34. The largest absolute Gasteiger partial charge is 0.495 e. The number of carbonyl (C=O) groups excluding carboxylic acids is 1. The minimum Gasteiger partial charge on any atom is -0.495 e. The fraction of sp³-hybridized carbons (Fsp3) is 0.269. The molecule has 3 nitrogen and oxygen atoms in total. The lowest BCUT2D eigenvalue weighted by atomic mass is 9.82. The summed E-state index contributed by atoms with van der Waals surface area (Å²) in [5, 5.41) is 5.46. The van der Waals surface area contributed by atoms with Crippen LogP contribution in [0.1, 0.15) is 37.7 Å². The van der Waals surface area contributed by atoms with Crippen LogP contribution in [0, 0.1) is 5.92 Å². The summed E-state index contributed by atoms with van der Waals surface area (Å²) in [6.45, 7) is 0. The Morgan fingerprint density at radius 3 is 2.48 bits per heavy atom. The highest BCUT2D eigenvalue weighted by atomic mass is 16.5. The van der Waals surface area contributed by atoms with Gasteiger partial charge < -0.3 is 10.1 Å². The summed E-state index contributed by atoms with van der Waals surface area (Å²) in [5.74, 6) is 0.931. The van der Waals surface area contributed by atoms with E-state index in [1.807, 2.05) is 30.3 Å². The molecule has 0 aliphatic heterocycles. The maximum absolute atomic E-state index is 13.4. The van der Waals surface area contributed by atoms with E-state index in [4.69, 9.17) is 4.74 Å². The Hall–Kier alpha value is -3.07. The Labute approximate surface area is 172 Å². The molecule has 4 rings (SSSR count). The molecule has 3 aromatic carbocycles. The van der Waals surface area contributed by atoms with Crippen molar-refractivity contribution >= 4 is 28.4 Å². The summed E-state index contributed by atoms with van der Waals surface area (Å²) in [7, 11) is 1.62. The van der Waals surface area contributed by atoms with Crippen LogP contribution in [0.3, 0.4) is 0 Å². The van der Waals surface area contributed by atoms with E-state index in [2.05, 4.69) is 47.8 Å². The maximum atomic E-state index is 13.4. The third-order valence-electron chi connectivity index (χ3n) is 5.80. The number of rotatable bonds is 5. The summed E-state index contributed by atoms with van der Waals surface area (Å²) in [6, 6.07) is 22.2. The molecule has 1 fully saturated rings. The number of nitrogens with one attached hydrogen (secondary N) is 1. The Morgan fingerprint density at radius 2 is 1.66 bits per heavy atom. The van der Waals surface area contributed by atoms with E-state index < -0.39 is 0 Å². The van der Waals surface area contributed by atoms with Crippen LogP contribution in [-0.4, -0.2) is 13.0 Å². The van der Waals surface area contributed by atoms with Crippen LogP contribution in [0.25, 0.3) is 16.8 Å². The van der Waals surface area contributed by atoms with Crippen LogP contribution in [-0.2, 0) is 4.79 Å². The zero-order valence-electron chi connectivity index (χ0n) is 16.9. The summed E-state index contributed by atoms with van der Waals surface area (Å²) >= 11 is 0. The molecule has 0 spiro atoms. The number of ether oxygens (including phenoxy) is 1. The molecular weight excluding hydrogens is 358 g/mol. The van der Waals surface area contributed by atoms with Gasteiger partial charge in [-0.2, -0.15) is 0 Å². The monoisotopic (exact) mass is 385 g/mol. The molecule has 0 heterocycles. The number of carbonyl (C=O) groups is 1. The average Bonchev–Trinajstić information content (AvgIpc) is 2.78. The molecule has 3 aromatic rings. The minimum atomic E-state index is -0.0330. The smallest absolute Gasteiger partial charge is 0.251 e. The number of methoxy groups -OCH3 is 1. The van der Waals surface area contributed by atoms with Gasteiger partial charge in [-0.25, -0.2) is 0 Å². The van der Waals surface area contributed by atoms with Gasteiger partial charge in [0, 0.05) is 5.57 Å². The van der Waals surface area contributed by atoms with Gasteiger partial charge in [-0.05, 0) is 53.3 Å². The van der Waals surface area contributed by atoms with Crippen molar-refractivity contribution in [1.82, 2.24) is 0 Å². The summed E-state index contributed by atoms with van der Waals surface area (Å²) in [4.78, 5) is 13.4. The zero-order valence-corrected chi connectivity index (χ0v) is 16.9. The molecule has 29 heavy (non-hydrogen) atoms. The molecular formula is C26H27NO2. The van der Waals surface area contributed by atoms with E-state index in [0.717, 1.165) is 24.0 Å². The van der Waals surface area contributed by atoms with Crippen molar-refractivity contribution in [1.29, 1.82) is 0 Å². The Bertz CT molecular complexity index is 1030. The van der Waals surface area contributed by atoms with Gasteiger partial charge in [-0.3, -0.25) is 4.79 Å². The van der Waals surface area contributed by atoms with Gasteiger partial charge in [-0.1, -0.05) is 73.9 Å². The number of fused-ring (bicyclic) bond motifs is 1. The van der Waals surface area contributed by atoms with E-state index >= 15 is 0 Å². The van der Waals surface area contributed by atoms with Crippen LogP contribution in [0.2, 0.25) is 0 Å². The number of benzene rings is 3. The molecule has 0 bridgehead atoms. The first kappa shape index (κ1) is 19.3. The second kappa shape index (κ2) is 8.95. The van der Waals surface area contributed by atoms with E-state index in [0.29, 0.717) is 11.4 Å². The molecule has 1 aliphatic rings. The second-order valence-corrected chi connectivity index (χ2v) is 7.66. The molecule has 1 saturated carbocycles. The summed E-state index contributed by atoms with van der Waals surface area (Å²) in [6.07, 6.45) is 7.85. The van der Waals surface area contributed by atoms with Crippen molar-refractivity contribution in [3.8, 4) is 5.75 Å². The normalized spacial score (nSPS) is 15.3. The highest BCUT2D eigenvalue weighted by Crippen LogP contribution is 2.33. The predicted molar refractivity (Wildman–Crippen MR) is 120 cm³/mol. The average molecular weight is 386 g/mol. The lowest BCUT2D eigenvalue weighted by molar-refractivity contribution is -0.113. The van der Waals surface area contributed by atoms with Gasteiger partial charge >= 0.3 is 0 Å². The number of hydrogen-bond acceptors (Lipinski definition) is 2. The first-order valence-corrected chi connectivity index (χ1v) is 10.4.